The number of anilines is 2. The summed E-state index contributed by atoms with van der Waals surface area (Å²) in [6, 6.07) is 12.2. The van der Waals surface area contributed by atoms with Crippen LogP contribution in [0.5, 0.6) is 17.2 Å². The standard InChI is InChI=1S/C23H23N5O4/c1-14-20(27-22-24-9-6-10-28(14)22)15-7-5-8-16(11-15)25-23(29)26-17-12-18(30-2)21(32-4)19(13-17)31-3/h5-13H,1-4H3,(H2,25,26,29). The quantitative estimate of drug-likeness (QED) is 0.468. The number of hydrogen-bond donors (Lipinski definition) is 2. The van der Waals surface area contributed by atoms with Gasteiger partial charge in [-0.15, -0.1) is 0 Å². The molecule has 0 bridgehead atoms. The van der Waals surface area contributed by atoms with Crippen LogP contribution in [0.25, 0.3) is 17.0 Å². The van der Waals surface area contributed by atoms with E-state index < -0.39 is 6.03 Å². The lowest BCUT2D eigenvalue weighted by atomic mass is 10.1. The molecule has 0 aliphatic carbocycles. The van der Waals surface area contributed by atoms with E-state index >= 15 is 0 Å². The number of amides is 2. The van der Waals surface area contributed by atoms with E-state index in [9.17, 15) is 4.79 Å². The lowest BCUT2D eigenvalue weighted by Gasteiger charge is -2.15. The van der Waals surface area contributed by atoms with Crippen LogP contribution in [0, 0.1) is 6.92 Å². The number of urea groups is 1. The summed E-state index contributed by atoms with van der Waals surface area (Å²) in [5.74, 6) is 1.96. The monoisotopic (exact) mass is 433 g/mol. The Kier molecular flexibility index (Phi) is 5.80. The first-order valence-electron chi connectivity index (χ1n) is 9.82. The molecule has 0 saturated carbocycles. The maximum absolute atomic E-state index is 12.6. The molecule has 0 saturated heterocycles. The van der Waals surface area contributed by atoms with Crippen molar-refractivity contribution in [3.05, 3.63) is 60.6 Å². The number of imidazole rings is 1. The zero-order valence-electron chi connectivity index (χ0n) is 18.2. The van der Waals surface area contributed by atoms with Crippen LogP contribution in [0.3, 0.4) is 0 Å². The summed E-state index contributed by atoms with van der Waals surface area (Å²) < 4.78 is 17.9. The SMILES string of the molecule is COc1cc(NC(=O)Nc2cccc(-c3nc4ncccn4c3C)c2)cc(OC)c1OC. The van der Waals surface area contributed by atoms with Crippen LogP contribution >= 0.6 is 0 Å². The molecule has 0 fully saturated rings. The number of aryl methyl sites for hydroxylation is 1. The van der Waals surface area contributed by atoms with Crippen molar-refractivity contribution >= 4 is 23.2 Å². The number of benzene rings is 2. The second kappa shape index (κ2) is 8.84. The highest BCUT2D eigenvalue weighted by atomic mass is 16.5. The van der Waals surface area contributed by atoms with Crippen LogP contribution in [0.1, 0.15) is 5.69 Å². The molecule has 32 heavy (non-hydrogen) atoms. The number of aromatic nitrogens is 3. The fourth-order valence-corrected chi connectivity index (χ4v) is 3.47. The van der Waals surface area contributed by atoms with E-state index in [4.69, 9.17) is 14.2 Å². The lowest BCUT2D eigenvalue weighted by Crippen LogP contribution is -2.19. The molecule has 4 rings (SSSR count). The normalized spacial score (nSPS) is 10.6. The molecule has 0 atom stereocenters. The number of rotatable bonds is 6. The summed E-state index contributed by atoms with van der Waals surface area (Å²) in [5, 5.41) is 5.63. The van der Waals surface area contributed by atoms with Gasteiger partial charge >= 0.3 is 6.03 Å². The number of fused-ring (bicyclic) bond motifs is 1. The van der Waals surface area contributed by atoms with Gasteiger partial charge in [0.25, 0.3) is 0 Å². The summed E-state index contributed by atoms with van der Waals surface area (Å²) in [7, 11) is 4.56. The molecule has 0 radical (unpaired) electrons. The molecule has 0 unspecified atom stereocenters. The first-order valence-corrected chi connectivity index (χ1v) is 9.82. The third-order valence-corrected chi connectivity index (χ3v) is 4.96. The Balaban J connectivity index is 1.55. The Hall–Kier alpha value is -4.27. The Bertz CT molecular complexity index is 1260. The van der Waals surface area contributed by atoms with Gasteiger partial charge in [0.2, 0.25) is 11.5 Å². The number of nitrogens with zero attached hydrogens (tertiary/aromatic N) is 3. The first-order chi connectivity index (χ1) is 15.5. The summed E-state index contributed by atoms with van der Waals surface area (Å²) >= 11 is 0. The van der Waals surface area contributed by atoms with E-state index in [1.54, 1.807) is 18.3 Å². The summed E-state index contributed by atoms with van der Waals surface area (Å²) in [6.45, 7) is 1.98. The van der Waals surface area contributed by atoms with Crippen LogP contribution in [0.4, 0.5) is 16.2 Å². The molecule has 2 amide bonds. The Labute approximate surface area is 185 Å². The van der Waals surface area contributed by atoms with Crippen molar-refractivity contribution in [2.75, 3.05) is 32.0 Å². The highest BCUT2D eigenvalue weighted by Gasteiger charge is 2.15. The maximum Gasteiger partial charge on any atom is 0.323 e. The fourth-order valence-electron chi connectivity index (χ4n) is 3.47. The van der Waals surface area contributed by atoms with Crippen molar-refractivity contribution in [1.29, 1.82) is 0 Å². The van der Waals surface area contributed by atoms with Crippen LogP contribution in [0.2, 0.25) is 0 Å². The molecule has 2 N–H and O–H groups in total. The Morgan fingerprint density at radius 3 is 2.31 bits per heavy atom. The topological polar surface area (TPSA) is 99.0 Å². The number of ether oxygens (including phenoxy) is 3. The van der Waals surface area contributed by atoms with E-state index in [1.807, 2.05) is 47.9 Å². The number of methoxy groups -OCH3 is 3. The van der Waals surface area contributed by atoms with Crippen LogP contribution in [-0.4, -0.2) is 41.7 Å². The molecule has 2 aromatic heterocycles. The average Bonchev–Trinajstić information content (AvgIpc) is 3.15. The molecule has 0 aliphatic heterocycles. The minimum atomic E-state index is -0.412. The van der Waals surface area contributed by atoms with E-state index in [-0.39, 0.29) is 0 Å². The highest BCUT2D eigenvalue weighted by Crippen LogP contribution is 2.40. The van der Waals surface area contributed by atoms with Crippen molar-refractivity contribution in [1.82, 2.24) is 14.4 Å². The second-order valence-corrected chi connectivity index (χ2v) is 6.91. The van der Waals surface area contributed by atoms with Crippen LogP contribution < -0.4 is 24.8 Å². The molecule has 0 aliphatic rings. The van der Waals surface area contributed by atoms with Gasteiger partial charge in [-0.1, -0.05) is 12.1 Å². The van der Waals surface area contributed by atoms with Crippen molar-refractivity contribution in [2.45, 2.75) is 6.92 Å². The molecule has 164 valence electrons. The summed E-state index contributed by atoms with van der Waals surface area (Å²) in [6.07, 6.45) is 3.62. The average molecular weight is 433 g/mol. The van der Waals surface area contributed by atoms with Gasteiger partial charge in [0.05, 0.1) is 32.7 Å². The van der Waals surface area contributed by atoms with Gasteiger partial charge in [-0.3, -0.25) is 4.40 Å². The maximum atomic E-state index is 12.6. The van der Waals surface area contributed by atoms with E-state index in [1.165, 1.54) is 21.3 Å². The zero-order valence-corrected chi connectivity index (χ0v) is 18.2. The number of carbonyl (C=O) groups is 1. The molecule has 9 heteroatoms. The molecular weight excluding hydrogens is 410 g/mol. The number of hydrogen-bond acceptors (Lipinski definition) is 6. The zero-order chi connectivity index (χ0) is 22.7. The highest BCUT2D eigenvalue weighted by molar-refractivity contribution is 6.00. The predicted octanol–water partition coefficient (Wildman–Crippen LogP) is 4.37. The number of nitrogens with one attached hydrogen (secondary N) is 2. The van der Waals surface area contributed by atoms with Gasteiger partial charge in [-0.05, 0) is 25.1 Å². The van der Waals surface area contributed by atoms with Gasteiger partial charge in [-0.25, -0.2) is 14.8 Å². The van der Waals surface area contributed by atoms with Crippen molar-refractivity contribution < 1.29 is 19.0 Å². The molecule has 0 spiro atoms. The molecule has 2 heterocycles. The third-order valence-electron chi connectivity index (χ3n) is 4.96. The fraction of sp³-hybridized carbons (Fsp3) is 0.174. The first kappa shape index (κ1) is 21.0. The van der Waals surface area contributed by atoms with Gasteiger partial charge in [-0.2, -0.15) is 0 Å². The molecule has 4 aromatic rings. The minimum absolute atomic E-state index is 0.412. The minimum Gasteiger partial charge on any atom is -0.493 e. The van der Waals surface area contributed by atoms with Crippen molar-refractivity contribution in [3.63, 3.8) is 0 Å². The Morgan fingerprint density at radius 2 is 1.66 bits per heavy atom. The Morgan fingerprint density at radius 1 is 0.938 bits per heavy atom. The van der Waals surface area contributed by atoms with Gasteiger partial charge in [0.1, 0.15) is 0 Å². The van der Waals surface area contributed by atoms with E-state index in [0.717, 1.165) is 17.0 Å². The molecule has 9 nitrogen and oxygen atoms in total. The lowest BCUT2D eigenvalue weighted by molar-refractivity contribution is 0.262. The van der Waals surface area contributed by atoms with Crippen molar-refractivity contribution in [2.24, 2.45) is 0 Å². The largest absolute Gasteiger partial charge is 0.493 e. The van der Waals surface area contributed by atoms with E-state index in [0.29, 0.717) is 34.4 Å². The molecular formula is C23H23N5O4. The third kappa shape index (κ3) is 4.00. The number of carbonyl (C=O) groups excluding carboxylic acids is 1. The summed E-state index contributed by atoms with van der Waals surface area (Å²) in [4.78, 5) is 21.5. The summed E-state index contributed by atoms with van der Waals surface area (Å²) in [5.41, 5.74) is 3.76. The van der Waals surface area contributed by atoms with Crippen molar-refractivity contribution in [3.8, 4) is 28.5 Å². The predicted molar refractivity (Wildman–Crippen MR) is 122 cm³/mol. The van der Waals surface area contributed by atoms with Crippen LogP contribution in [0.15, 0.2) is 54.9 Å². The van der Waals surface area contributed by atoms with Gasteiger partial charge < -0.3 is 24.8 Å². The van der Waals surface area contributed by atoms with Gasteiger partial charge in [0, 0.05) is 41.5 Å². The second-order valence-electron chi connectivity index (χ2n) is 6.91. The molecule has 2 aromatic carbocycles. The van der Waals surface area contributed by atoms with Gasteiger partial charge in [0.15, 0.2) is 11.5 Å². The van der Waals surface area contributed by atoms with Crippen LogP contribution in [-0.2, 0) is 0 Å². The van der Waals surface area contributed by atoms with E-state index in [2.05, 4.69) is 20.6 Å². The smallest absolute Gasteiger partial charge is 0.323 e.